The van der Waals surface area contributed by atoms with Crippen LogP contribution >= 0.6 is 0 Å². The Hall–Kier alpha value is -1.68. The van der Waals surface area contributed by atoms with E-state index in [1.54, 1.807) is 23.0 Å². The first-order valence-electron chi connectivity index (χ1n) is 5.30. The molecule has 0 radical (unpaired) electrons. The maximum Gasteiger partial charge on any atom is 0.123 e. The van der Waals surface area contributed by atoms with E-state index in [-0.39, 0.29) is 5.82 Å². The smallest absolute Gasteiger partial charge is 0.123 e. The molecular formula is C12H14FN3. The molecule has 2 aromatic rings. The van der Waals surface area contributed by atoms with Gasteiger partial charge in [0.15, 0.2) is 0 Å². The zero-order valence-electron chi connectivity index (χ0n) is 9.15. The van der Waals surface area contributed by atoms with Crippen LogP contribution in [0.2, 0.25) is 0 Å². The number of benzene rings is 1. The minimum absolute atomic E-state index is 0.219. The molecule has 1 N–H and O–H groups in total. The molecule has 1 aromatic heterocycles. The van der Waals surface area contributed by atoms with Crippen LogP contribution < -0.4 is 5.32 Å². The second-order valence-corrected chi connectivity index (χ2v) is 3.50. The molecule has 0 amide bonds. The highest BCUT2D eigenvalue weighted by molar-refractivity contribution is 5.40. The Kier molecular flexibility index (Phi) is 3.31. The Labute approximate surface area is 93.9 Å². The van der Waals surface area contributed by atoms with E-state index in [0.717, 1.165) is 17.8 Å². The van der Waals surface area contributed by atoms with E-state index in [1.807, 2.05) is 19.2 Å². The molecular weight excluding hydrogens is 205 g/mol. The van der Waals surface area contributed by atoms with Crippen molar-refractivity contribution in [2.75, 3.05) is 6.54 Å². The number of halogens is 1. The van der Waals surface area contributed by atoms with Crippen molar-refractivity contribution in [1.82, 2.24) is 15.1 Å². The molecule has 84 valence electrons. The van der Waals surface area contributed by atoms with Crippen LogP contribution in [0.15, 0.2) is 36.7 Å². The largest absolute Gasteiger partial charge is 0.313 e. The standard InChI is InChI=1S/C12H14FN3/c1-2-14-9-10-8-11(13)4-5-12(10)16-7-3-6-15-16/h3-8,14H,2,9H2,1H3. The summed E-state index contributed by atoms with van der Waals surface area (Å²) in [5.41, 5.74) is 1.82. The molecule has 0 aliphatic rings. The summed E-state index contributed by atoms with van der Waals surface area (Å²) in [7, 11) is 0. The fraction of sp³-hybridized carbons (Fsp3) is 0.250. The first-order chi connectivity index (χ1) is 7.81. The lowest BCUT2D eigenvalue weighted by atomic mass is 10.1. The molecule has 3 nitrogen and oxygen atoms in total. The third-order valence-corrected chi connectivity index (χ3v) is 2.36. The number of nitrogens with zero attached hydrogens (tertiary/aromatic N) is 2. The topological polar surface area (TPSA) is 29.9 Å². The quantitative estimate of drug-likeness (QED) is 0.853. The van der Waals surface area contributed by atoms with Gasteiger partial charge >= 0.3 is 0 Å². The minimum atomic E-state index is -0.219. The first-order valence-corrected chi connectivity index (χ1v) is 5.30. The van der Waals surface area contributed by atoms with Crippen molar-refractivity contribution in [2.45, 2.75) is 13.5 Å². The van der Waals surface area contributed by atoms with Gasteiger partial charge in [0.1, 0.15) is 5.82 Å². The van der Waals surface area contributed by atoms with Gasteiger partial charge in [0.2, 0.25) is 0 Å². The zero-order valence-corrected chi connectivity index (χ0v) is 9.15. The van der Waals surface area contributed by atoms with E-state index in [1.165, 1.54) is 6.07 Å². The molecule has 0 unspecified atom stereocenters. The number of hydrogen-bond acceptors (Lipinski definition) is 2. The van der Waals surface area contributed by atoms with Crippen LogP contribution in [0.3, 0.4) is 0 Å². The Bertz CT molecular complexity index is 451. The van der Waals surface area contributed by atoms with Crippen LogP contribution in [0.5, 0.6) is 0 Å². The van der Waals surface area contributed by atoms with Crippen LogP contribution in [-0.4, -0.2) is 16.3 Å². The Balaban J connectivity index is 2.36. The molecule has 0 aliphatic carbocycles. The van der Waals surface area contributed by atoms with Gasteiger partial charge < -0.3 is 5.32 Å². The van der Waals surface area contributed by atoms with E-state index >= 15 is 0 Å². The monoisotopic (exact) mass is 219 g/mol. The summed E-state index contributed by atoms with van der Waals surface area (Å²) in [5.74, 6) is -0.219. The van der Waals surface area contributed by atoms with Crippen molar-refractivity contribution in [3.63, 3.8) is 0 Å². The minimum Gasteiger partial charge on any atom is -0.313 e. The normalized spacial score (nSPS) is 10.6. The van der Waals surface area contributed by atoms with Gasteiger partial charge in [-0.15, -0.1) is 0 Å². The van der Waals surface area contributed by atoms with Gasteiger partial charge in [0.05, 0.1) is 5.69 Å². The summed E-state index contributed by atoms with van der Waals surface area (Å²) in [6.45, 7) is 3.52. The van der Waals surface area contributed by atoms with E-state index in [2.05, 4.69) is 10.4 Å². The van der Waals surface area contributed by atoms with Crippen LogP contribution in [0.4, 0.5) is 4.39 Å². The van der Waals surface area contributed by atoms with Gasteiger partial charge in [0, 0.05) is 18.9 Å². The predicted octanol–water partition coefficient (Wildman–Crippen LogP) is 2.12. The van der Waals surface area contributed by atoms with Gasteiger partial charge in [-0.3, -0.25) is 0 Å². The average Bonchev–Trinajstić information content (AvgIpc) is 2.80. The molecule has 0 bridgehead atoms. The van der Waals surface area contributed by atoms with Crippen molar-refractivity contribution in [1.29, 1.82) is 0 Å². The highest BCUT2D eigenvalue weighted by Crippen LogP contribution is 2.15. The lowest BCUT2D eigenvalue weighted by molar-refractivity contribution is 0.620. The fourth-order valence-corrected chi connectivity index (χ4v) is 1.59. The third kappa shape index (κ3) is 2.28. The molecule has 2 rings (SSSR count). The summed E-state index contributed by atoms with van der Waals surface area (Å²) in [5, 5.41) is 7.34. The van der Waals surface area contributed by atoms with Gasteiger partial charge in [-0.25, -0.2) is 9.07 Å². The maximum absolute atomic E-state index is 13.2. The Morgan fingerprint density at radius 3 is 3.00 bits per heavy atom. The lowest BCUT2D eigenvalue weighted by Crippen LogP contribution is -2.14. The highest BCUT2D eigenvalue weighted by atomic mass is 19.1. The number of rotatable bonds is 4. The van der Waals surface area contributed by atoms with Gasteiger partial charge in [-0.2, -0.15) is 5.10 Å². The SMILES string of the molecule is CCNCc1cc(F)ccc1-n1cccn1. The van der Waals surface area contributed by atoms with Crippen molar-refractivity contribution >= 4 is 0 Å². The molecule has 0 saturated carbocycles. The molecule has 4 heteroatoms. The van der Waals surface area contributed by atoms with Crippen LogP contribution in [-0.2, 0) is 6.54 Å². The van der Waals surface area contributed by atoms with Crippen molar-refractivity contribution in [2.24, 2.45) is 0 Å². The molecule has 1 heterocycles. The Morgan fingerprint density at radius 1 is 1.44 bits per heavy atom. The molecule has 0 atom stereocenters. The van der Waals surface area contributed by atoms with E-state index < -0.39 is 0 Å². The van der Waals surface area contributed by atoms with Crippen molar-refractivity contribution < 1.29 is 4.39 Å². The second-order valence-electron chi connectivity index (χ2n) is 3.50. The van der Waals surface area contributed by atoms with Gasteiger partial charge in [-0.1, -0.05) is 6.92 Å². The first kappa shape index (κ1) is 10.8. The molecule has 0 saturated heterocycles. The molecule has 1 aromatic carbocycles. The summed E-state index contributed by atoms with van der Waals surface area (Å²) in [6.07, 6.45) is 3.56. The maximum atomic E-state index is 13.2. The van der Waals surface area contributed by atoms with Crippen LogP contribution in [0.25, 0.3) is 5.69 Å². The van der Waals surface area contributed by atoms with Crippen molar-refractivity contribution in [3.8, 4) is 5.69 Å². The third-order valence-electron chi connectivity index (χ3n) is 2.36. The lowest BCUT2D eigenvalue weighted by Gasteiger charge is -2.10. The van der Waals surface area contributed by atoms with E-state index in [9.17, 15) is 4.39 Å². The summed E-state index contributed by atoms with van der Waals surface area (Å²) in [6, 6.07) is 6.58. The number of aromatic nitrogens is 2. The zero-order chi connectivity index (χ0) is 11.4. The summed E-state index contributed by atoms with van der Waals surface area (Å²) in [4.78, 5) is 0. The number of hydrogen-bond donors (Lipinski definition) is 1. The van der Waals surface area contributed by atoms with Gasteiger partial charge in [0.25, 0.3) is 0 Å². The van der Waals surface area contributed by atoms with Crippen LogP contribution in [0.1, 0.15) is 12.5 Å². The summed E-state index contributed by atoms with van der Waals surface area (Å²) < 4.78 is 14.9. The highest BCUT2D eigenvalue weighted by Gasteiger charge is 2.05. The fourth-order valence-electron chi connectivity index (χ4n) is 1.59. The van der Waals surface area contributed by atoms with Gasteiger partial charge in [-0.05, 0) is 36.4 Å². The molecule has 0 spiro atoms. The second kappa shape index (κ2) is 4.90. The molecule has 0 fully saturated rings. The number of nitrogens with one attached hydrogen (secondary N) is 1. The molecule has 0 aliphatic heterocycles. The summed E-state index contributed by atoms with van der Waals surface area (Å²) >= 11 is 0. The van der Waals surface area contributed by atoms with Crippen molar-refractivity contribution in [3.05, 3.63) is 48.0 Å². The Morgan fingerprint density at radius 2 is 2.31 bits per heavy atom. The van der Waals surface area contributed by atoms with E-state index in [0.29, 0.717) is 6.54 Å². The molecule has 16 heavy (non-hydrogen) atoms. The van der Waals surface area contributed by atoms with Crippen LogP contribution in [0, 0.1) is 5.82 Å². The predicted molar refractivity (Wildman–Crippen MR) is 60.9 cm³/mol. The van der Waals surface area contributed by atoms with E-state index in [4.69, 9.17) is 0 Å². The average molecular weight is 219 g/mol.